The van der Waals surface area contributed by atoms with Crippen molar-refractivity contribution in [2.24, 2.45) is 11.8 Å². The second kappa shape index (κ2) is 7.30. The summed E-state index contributed by atoms with van der Waals surface area (Å²) in [5.41, 5.74) is 0.352. The highest BCUT2D eigenvalue weighted by Gasteiger charge is 2.74. The van der Waals surface area contributed by atoms with Gasteiger partial charge in [-0.2, -0.15) is 0 Å². The predicted molar refractivity (Wildman–Crippen MR) is 110 cm³/mol. The number of likely N-dealkylation sites (N-methyl/N-ethyl adjacent to an activating group) is 1. The zero-order valence-electron chi connectivity index (χ0n) is 18.3. The molecule has 1 spiro atoms. The summed E-state index contributed by atoms with van der Waals surface area (Å²) in [7, 11) is 1.72. The number of nitrogens with zero attached hydrogens (tertiary/aromatic N) is 2. The van der Waals surface area contributed by atoms with E-state index >= 15 is 0 Å². The SMILES string of the molecule is CC(=O)OC[C@H]1OC(=O)[C@H]2[C@@H]([C@@H]1OC(C)=O)[C@@H]1CCCN1[C@@]21C(=O)N(C)c2ccccc21. The lowest BCUT2D eigenvalue weighted by atomic mass is 9.70. The first-order valence-corrected chi connectivity index (χ1v) is 10.9. The Balaban J connectivity index is 1.65. The van der Waals surface area contributed by atoms with Crippen LogP contribution in [0.1, 0.15) is 32.3 Å². The van der Waals surface area contributed by atoms with E-state index in [1.807, 2.05) is 24.3 Å². The number of amides is 1. The van der Waals surface area contributed by atoms with Crippen LogP contribution in [0.4, 0.5) is 5.69 Å². The number of hydrogen-bond donors (Lipinski definition) is 0. The molecule has 1 amide bonds. The van der Waals surface area contributed by atoms with E-state index < -0.39 is 47.5 Å². The number of ether oxygens (including phenoxy) is 3. The van der Waals surface area contributed by atoms with Crippen LogP contribution in [0.2, 0.25) is 0 Å². The molecule has 32 heavy (non-hydrogen) atoms. The van der Waals surface area contributed by atoms with Crippen molar-refractivity contribution in [1.29, 1.82) is 0 Å². The molecule has 0 unspecified atom stereocenters. The van der Waals surface area contributed by atoms with Crippen LogP contribution in [-0.2, 0) is 38.9 Å². The zero-order chi connectivity index (χ0) is 22.8. The number of cyclic esters (lactones) is 1. The maximum absolute atomic E-state index is 13.9. The van der Waals surface area contributed by atoms with Gasteiger partial charge < -0.3 is 19.1 Å². The molecule has 4 aliphatic heterocycles. The Morgan fingerprint density at radius 3 is 2.66 bits per heavy atom. The van der Waals surface area contributed by atoms with Gasteiger partial charge in [-0.15, -0.1) is 0 Å². The van der Waals surface area contributed by atoms with Gasteiger partial charge in [0.15, 0.2) is 6.10 Å². The van der Waals surface area contributed by atoms with Gasteiger partial charge in [-0.05, 0) is 25.5 Å². The number of benzene rings is 1. The van der Waals surface area contributed by atoms with Gasteiger partial charge in [0.05, 0.1) is 5.92 Å². The van der Waals surface area contributed by atoms with Gasteiger partial charge in [0.1, 0.15) is 18.2 Å². The van der Waals surface area contributed by atoms with Crippen molar-refractivity contribution in [2.75, 3.05) is 25.1 Å². The quantitative estimate of drug-likeness (QED) is 0.505. The standard InChI is InChI=1S/C23H26N2O7/c1-12(26)30-11-17-20(31-13(2)27)18-16-9-6-10-25(16)23(19(18)21(28)32-17)14-7-4-5-8-15(14)24(3)22(23)29/h4-5,7-8,16-20H,6,9-11H2,1-3H3/t16-,17+,18-,19+,20+,23+/m0/s1. The van der Waals surface area contributed by atoms with Crippen LogP contribution in [0.15, 0.2) is 24.3 Å². The van der Waals surface area contributed by atoms with Crippen molar-refractivity contribution in [3.63, 3.8) is 0 Å². The molecule has 1 aromatic carbocycles. The van der Waals surface area contributed by atoms with Crippen molar-refractivity contribution in [3.05, 3.63) is 29.8 Å². The highest BCUT2D eigenvalue weighted by Crippen LogP contribution is 2.61. The maximum Gasteiger partial charge on any atom is 0.312 e. The lowest BCUT2D eigenvalue weighted by molar-refractivity contribution is -0.201. The van der Waals surface area contributed by atoms with Gasteiger partial charge in [0.2, 0.25) is 0 Å². The van der Waals surface area contributed by atoms with Gasteiger partial charge >= 0.3 is 17.9 Å². The molecule has 3 saturated heterocycles. The van der Waals surface area contributed by atoms with Gasteiger partial charge in [-0.1, -0.05) is 18.2 Å². The highest BCUT2D eigenvalue weighted by molar-refractivity contribution is 6.10. The number of para-hydroxylation sites is 1. The third-order valence-electron chi connectivity index (χ3n) is 7.36. The number of fused-ring (bicyclic) bond motifs is 7. The molecular weight excluding hydrogens is 416 g/mol. The fraction of sp³-hybridized carbons (Fsp3) is 0.565. The molecule has 0 saturated carbocycles. The average molecular weight is 442 g/mol. The Morgan fingerprint density at radius 1 is 1.19 bits per heavy atom. The lowest BCUT2D eigenvalue weighted by Gasteiger charge is -2.42. The van der Waals surface area contributed by atoms with E-state index in [-0.39, 0.29) is 18.6 Å². The molecule has 9 heteroatoms. The summed E-state index contributed by atoms with van der Waals surface area (Å²) in [5, 5.41) is 0. The molecule has 1 aromatic rings. The van der Waals surface area contributed by atoms with Crippen LogP contribution in [0.3, 0.4) is 0 Å². The third-order valence-corrected chi connectivity index (χ3v) is 7.36. The molecule has 4 heterocycles. The fourth-order valence-corrected chi connectivity index (χ4v) is 6.40. The Kier molecular flexibility index (Phi) is 4.77. The first-order valence-electron chi connectivity index (χ1n) is 10.9. The molecule has 170 valence electrons. The van der Waals surface area contributed by atoms with E-state index in [1.165, 1.54) is 13.8 Å². The normalized spacial score (nSPS) is 35.3. The summed E-state index contributed by atoms with van der Waals surface area (Å²) in [6.45, 7) is 3.02. The van der Waals surface area contributed by atoms with Crippen molar-refractivity contribution in [1.82, 2.24) is 4.90 Å². The Labute approximate surface area is 185 Å². The molecule has 0 radical (unpaired) electrons. The Bertz CT molecular complexity index is 1010. The third kappa shape index (κ3) is 2.66. The summed E-state index contributed by atoms with van der Waals surface area (Å²) >= 11 is 0. The number of carbonyl (C=O) groups is 4. The minimum Gasteiger partial charge on any atom is -0.462 e. The molecule has 0 aliphatic carbocycles. The van der Waals surface area contributed by atoms with Crippen LogP contribution >= 0.6 is 0 Å². The molecule has 5 rings (SSSR count). The van der Waals surface area contributed by atoms with Gasteiger partial charge in [-0.3, -0.25) is 24.1 Å². The number of anilines is 1. The number of carbonyl (C=O) groups excluding carboxylic acids is 4. The summed E-state index contributed by atoms with van der Waals surface area (Å²) in [6, 6.07) is 7.37. The number of esters is 3. The molecule has 9 nitrogen and oxygen atoms in total. The summed E-state index contributed by atoms with van der Waals surface area (Å²) in [5.74, 6) is -3.01. The Hall–Kier alpha value is -2.94. The largest absolute Gasteiger partial charge is 0.462 e. The first-order chi connectivity index (χ1) is 15.3. The number of hydrogen-bond acceptors (Lipinski definition) is 8. The molecular formula is C23H26N2O7. The lowest BCUT2D eigenvalue weighted by Crippen LogP contribution is -2.59. The molecule has 0 aromatic heterocycles. The van der Waals surface area contributed by atoms with Crippen molar-refractivity contribution < 1.29 is 33.4 Å². The highest BCUT2D eigenvalue weighted by atomic mass is 16.6. The summed E-state index contributed by atoms with van der Waals surface area (Å²) < 4.78 is 16.5. The molecule has 6 atom stereocenters. The van der Waals surface area contributed by atoms with Crippen molar-refractivity contribution in [3.8, 4) is 0 Å². The van der Waals surface area contributed by atoms with E-state index in [0.29, 0.717) is 6.54 Å². The van der Waals surface area contributed by atoms with E-state index in [1.54, 1.807) is 11.9 Å². The number of rotatable bonds is 3. The van der Waals surface area contributed by atoms with Crippen LogP contribution in [0.25, 0.3) is 0 Å². The van der Waals surface area contributed by atoms with Gasteiger partial charge in [0, 0.05) is 44.1 Å². The van der Waals surface area contributed by atoms with E-state index in [0.717, 1.165) is 24.1 Å². The fourth-order valence-electron chi connectivity index (χ4n) is 6.40. The predicted octanol–water partition coefficient (Wildman–Crippen LogP) is 0.989. The van der Waals surface area contributed by atoms with Crippen LogP contribution in [0, 0.1) is 11.8 Å². The molecule has 4 aliphatic rings. The molecule has 0 N–H and O–H groups in total. The molecule has 0 bridgehead atoms. The smallest absolute Gasteiger partial charge is 0.312 e. The van der Waals surface area contributed by atoms with Gasteiger partial charge in [-0.25, -0.2) is 0 Å². The monoisotopic (exact) mass is 442 g/mol. The van der Waals surface area contributed by atoms with Crippen molar-refractivity contribution in [2.45, 2.75) is 50.5 Å². The minimum absolute atomic E-state index is 0.138. The van der Waals surface area contributed by atoms with E-state index in [4.69, 9.17) is 14.2 Å². The second-order valence-corrected chi connectivity index (χ2v) is 8.96. The zero-order valence-corrected chi connectivity index (χ0v) is 18.3. The van der Waals surface area contributed by atoms with Crippen LogP contribution < -0.4 is 4.90 Å². The summed E-state index contributed by atoms with van der Waals surface area (Å²) in [6.07, 6.45) is -0.0948. The minimum atomic E-state index is -1.20. The topological polar surface area (TPSA) is 102 Å². The van der Waals surface area contributed by atoms with Crippen LogP contribution in [-0.4, -0.2) is 67.2 Å². The average Bonchev–Trinajstić information content (AvgIpc) is 3.39. The van der Waals surface area contributed by atoms with Crippen molar-refractivity contribution >= 4 is 29.5 Å². The van der Waals surface area contributed by atoms with E-state index in [9.17, 15) is 19.2 Å². The van der Waals surface area contributed by atoms with E-state index in [2.05, 4.69) is 4.90 Å². The molecule has 3 fully saturated rings. The summed E-state index contributed by atoms with van der Waals surface area (Å²) in [4.78, 5) is 54.5. The Morgan fingerprint density at radius 2 is 1.94 bits per heavy atom. The second-order valence-electron chi connectivity index (χ2n) is 8.96. The first kappa shape index (κ1) is 20.9. The van der Waals surface area contributed by atoms with Crippen LogP contribution in [0.5, 0.6) is 0 Å². The van der Waals surface area contributed by atoms with Gasteiger partial charge in [0.25, 0.3) is 5.91 Å². The maximum atomic E-state index is 13.9.